The minimum atomic E-state index is -1.53. The van der Waals surface area contributed by atoms with E-state index in [1.54, 1.807) is 0 Å². The quantitative estimate of drug-likeness (QED) is 0.107. The first-order valence-corrected chi connectivity index (χ1v) is 9.60. The van der Waals surface area contributed by atoms with Gasteiger partial charge in [0.2, 0.25) is 17.7 Å². The molecule has 0 aliphatic heterocycles. The molecule has 0 fully saturated rings. The fourth-order valence-corrected chi connectivity index (χ4v) is 2.40. The summed E-state index contributed by atoms with van der Waals surface area (Å²) in [6.45, 7) is -0.875. The molecule has 0 aliphatic carbocycles. The molecule has 4 unspecified atom stereocenters. The third-order valence-corrected chi connectivity index (χ3v) is 4.26. The van der Waals surface area contributed by atoms with E-state index in [9.17, 15) is 33.9 Å². The van der Waals surface area contributed by atoms with Crippen molar-refractivity contribution >= 4 is 48.3 Å². The molecular formula is C16H26N4O10S. The van der Waals surface area contributed by atoms with Crippen LogP contribution in [0.15, 0.2) is 0 Å². The van der Waals surface area contributed by atoms with Crippen LogP contribution in [0.1, 0.15) is 25.7 Å². The van der Waals surface area contributed by atoms with Crippen molar-refractivity contribution in [3.63, 3.8) is 0 Å². The molecule has 15 heteroatoms. The number of carbonyl (C=O) groups is 6. The van der Waals surface area contributed by atoms with E-state index in [0.29, 0.717) is 0 Å². The zero-order valence-electron chi connectivity index (χ0n) is 16.3. The molecule has 14 nitrogen and oxygen atoms in total. The molecule has 0 aliphatic rings. The first kappa shape index (κ1) is 28.1. The monoisotopic (exact) mass is 466 g/mol. The topological polar surface area (TPSA) is 245 Å². The van der Waals surface area contributed by atoms with E-state index >= 15 is 0 Å². The van der Waals surface area contributed by atoms with Crippen molar-refractivity contribution in [1.82, 2.24) is 16.0 Å². The van der Waals surface area contributed by atoms with Crippen molar-refractivity contribution in [2.75, 3.05) is 12.4 Å². The first-order valence-electron chi connectivity index (χ1n) is 8.97. The fraction of sp³-hybridized carbons (Fsp3) is 0.625. The second-order valence-corrected chi connectivity index (χ2v) is 6.72. The highest BCUT2D eigenvalue weighted by molar-refractivity contribution is 7.80. The van der Waals surface area contributed by atoms with Crippen LogP contribution >= 0.6 is 12.6 Å². The van der Waals surface area contributed by atoms with Crippen LogP contribution < -0.4 is 21.7 Å². The number of amides is 3. The van der Waals surface area contributed by atoms with Gasteiger partial charge in [-0.2, -0.15) is 12.6 Å². The van der Waals surface area contributed by atoms with Crippen LogP contribution in [0.2, 0.25) is 0 Å². The van der Waals surface area contributed by atoms with Gasteiger partial charge in [-0.15, -0.1) is 0 Å². The molecule has 0 aromatic carbocycles. The minimum absolute atomic E-state index is 0.213. The average molecular weight is 466 g/mol. The van der Waals surface area contributed by atoms with Crippen molar-refractivity contribution < 1.29 is 49.2 Å². The van der Waals surface area contributed by atoms with Crippen LogP contribution in [0.25, 0.3) is 0 Å². The lowest BCUT2D eigenvalue weighted by Crippen LogP contribution is -2.58. The minimum Gasteiger partial charge on any atom is -0.481 e. The Morgan fingerprint density at radius 1 is 0.742 bits per heavy atom. The summed E-state index contributed by atoms with van der Waals surface area (Å²) in [5.74, 6) is -7.08. The van der Waals surface area contributed by atoms with Gasteiger partial charge in [-0.3, -0.25) is 24.0 Å². The lowest BCUT2D eigenvalue weighted by Gasteiger charge is -2.23. The Balaban J connectivity index is 4.97. The predicted molar refractivity (Wildman–Crippen MR) is 106 cm³/mol. The van der Waals surface area contributed by atoms with Gasteiger partial charge in [-0.05, 0) is 12.8 Å². The Kier molecular flexibility index (Phi) is 12.8. The molecule has 0 aromatic heterocycles. The molecule has 0 spiro atoms. The van der Waals surface area contributed by atoms with Crippen molar-refractivity contribution in [3.05, 3.63) is 0 Å². The summed E-state index contributed by atoms with van der Waals surface area (Å²) in [5, 5.41) is 42.0. The smallest absolute Gasteiger partial charge is 0.326 e. The van der Waals surface area contributed by atoms with Gasteiger partial charge in [0.1, 0.15) is 18.1 Å². The van der Waals surface area contributed by atoms with Crippen LogP contribution in [-0.4, -0.2) is 92.6 Å². The van der Waals surface area contributed by atoms with E-state index in [1.165, 1.54) is 0 Å². The van der Waals surface area contributed by atoms with Crippen molar-refractivity contribution in [1.29, 1.82) is 0 Å². The molecular weight excluding hydrogens is 440 g/mol. The van der Waals surface area contributed by atoms with Gasteiger partial charge in [-0.1, -0.05) is 0 Å². The summed E-state index contributed by atoms with van der Waals surface area (Å²) < 4.78 is 0. The Morgan fingerprint density at radius 2 is 1.19 bits per heavy atom. The highest BCUT2D eigenvalue weighted by Gasteiger charge is 2.29. The van der Waals surface area contributed by atoms with Gasteiger partial charge in [0.15, 0.2) is 0 Å². The molecule has 176 valence electrons. The summed E-state index contributed by atoms with van der Waals surface area (Å²) in [5.41, 5.74) is 5.51. The fourth-order valence-electron chi connectivity index (χ4n) is 2.15. The number of nitrogens with two attached hydrogens (primary N) is 1. The van der Waals surface area contributed by atoms with E-state index in [-0.39, 0.29) is 18.6 Å². The largest absolute Gasteiger partial charge is 0.481 e. The second-order valence-electron chi connectivity index (χ2n) is 6.36. The normalized spacial score (nSPS) is 14.4. The summed E-state index contributed by atoms with van der Waals surface area (Å²) in [4.78, 5) is 68.8. The molecule has 0 bridgehead atoms. The number of carboxylic acid groups (broad SMARTS) is 3. The third kappa shape index (κ3) is 11.2. The molecule has 31 heavy (non-hydrogen) atoms. The maximum absolute atomic E-state index is 12.3. The van der Waals surface area contributed by atoms with Crippen LogP contribution in [-0.2, 0) is 28.8 Å². The number of carboxylic acids is 3. The Morgan fingerprint density at radius 3 is 1.65 bits per heavy atom. The number of aliphatic hydroxyl groups excluding tert-OH is 1. The van der Waals surface area contributed by atoms with E-state index in [4.69, 9.17) is 21.1 Å². The second kappa shape index (κ2) is 14.2. The summed E-state index contributed by atoms with van der Waals surface area (Å²) in [6.07, 6.45) is -1.52. The Labute approximate surface area is 182 Å². The SMILES string of the molecule is NC(CCC(=O)O)C(=O)NC(CO)C(=O)NC(CS)C(=O)NC(CCC(=O)O)C(=O)O. The van der Waals surface area contributed by atoms with E-state index < -0.39 is 79.2 Å². The molecule has 0 saturated carbocycles. The van der Waals surface area contributed by atoms with E-state index in [2.05, 4.69) is 28.6 Å². The predicted octanol–water partition coefficient (Wildman–Crippen LogP) is -3.50. The van der Waals surface area contributed by atoms with Gasteiger partial charge in [0.25, 0.3) is 0 Å². The van der Waals surface area contributed by atoms with Gasteiger partial charge in [0.05, 0.1) is 12.6 Å². The Hall–Kier alpha value is -2.91. The van der Waals surface area contributed by atoms with Crippen LogP contribution in [0.5, 0.6) is 0 Å². The molecule has 0 heterocycles. The number of carbonyl (C=O) groups excluding carboxylic acids is 3. The van der Waals surface area contributed by atoms with Crippen LogP contribution in [0.3, 0.4) is 0 Å². The zero-order valence-corrected chi connectivity index (χ0v) is 17.2. The number of hydrogen-bond donors (Lipinski definition) is 9. The number of thiol groups is 1. The van der Waals surface area contributed by atoms with Crippen molar-refractivity contribution in [3.8, 4) is 0 Å². The van der Waals surface area contributed by atoms with Crippen molar-refractivity contribution in [2.24, 2.45) is 5.73 Å². The maximum atomic E-state index is 12.3. The molecule has 9 N–H and O–H groups in total. The van der Waals surface area contributed by atoms with E-state index in [1.807, 2.05) is 0 Å². The average Bonchev–Trinajstić information content (AvgIpc) is 2.70. The third-order valence-electron chi connectivity index (χ3n) is 3.90. The van der Waals surface area contributed by atoms with Gasteiger partial charge >= 0.3 is 17.9 Å². The van der Waals surface area contributed by atoms with Gasteiger partial charge < -0.3 is 42.1 Å². The maximum Gasteiger partial charge on any atom is 0.326 e. The number of aliphatic hydroxyl groups is 1. The molecule has 0 radical (unpaired) electrons. The molecule has 0 aromatic rings. The van der Waals surface area contributed by atoms with Gasteiger partial charge in [0, 0.05) is 18.6 Å². The number of hydrogen-bond acceptors (Lipinski definition) is 9. The number of nitrogens with one attached hydrogen (secondary N) is 3. The zero-order chi connectivity index (χ0) is 24.1. The summed E-state index contributed by atoms with van der Waals surface area (Å²) >= 11 is 3.89. The van der Waals surface area contributed by atoms with E-state index in [0.717, 1.165) is 0 Å². The van der Waals surface area contributed by atoms with Crippen molar-refractivity contribution in [2.45, 2.75) is 49.9 Å². The molecule has 3 amide bonds. The lowest BCUT2D eigenvalue weighted by molar-refractivity contribution is -0.143. The van der Waals surface area contributed by atoms with Crippen LogP contribution in [0, 0.1) is 0 Å². The number of aliphatic carboxylic acids is 3. The highest BCUT2D eigenvalue weighted by Crippen LogP contribution is 2.01. The molecule has 4 atom stereocenters. The van der Waals surface area contributed by atoms with Gasteiger partial charge in [-0.25, -0.2) is 4.79 Å². The Bertz CT molecular complexity index is 689. The summed E-state index contributed by atoms with van der Waals surface area (Å²) in [7, 11) is 0. The lowest BCUT2D eigenvalue weighted by atomic mass is 10.1. The molecule has 0 rings (SSSR count). The number of rotatable bonds is 15. The highest BCUT2D eigenvalue weighted by atomic mass is 32.1. The molecule has 0 saturated heterocycles. The standard InChI is InChI=1S/C16H26N4O10S/c17-7(1-3-11(22)23)13(26)19-9(5-21)14(27)20-10(6-31)15(28)18-8(16(29)30)2-4-12(24)25/h7-10,21,31H,1-6,17H2,(H,18,28)(H,19,26)(H,20,27)(H,22,23)(H,24,25)(H,29,30). The first-order chi connectivity index (χ1) is 14.4. The van der Waals surface area contributed by atoms with Crippen LogP contribution in [0.4, 0.5) is 0 Å². The summed E-state index contributed by atoms with van der Waals surface area (Å²) in [6, 6.07) is -5.68.